The molecule has 0 unspecified atom stereocenters. The summed E-state index contributed by atoms with van der Waals surface area (Å²) < 4.78 is 4.97. The first kappa shape index (κ1) is 19.1. The number of nitrogens with zero attached hydrogens (tertiary/aromatic N) is 1. The Morgan fingerprint density at radius 2 is 1.71 bits per heavy atom. The van der Waals surface area contributed by atoms with Crippen LogP contribution < -0.4 is 15.8 Å². The monoisotopic (exact) mass is 381 g/mol. The zero-order valence-electron chi connectivity index (χ0n) is 15.0. The lowest BCUT2D eigenvalue weighted by Crippen LogP contribution is -2.43. The van der Waals surface area contributed by atoms with Crippen molar-refractivity contribution in [1.29, 1.82) is 0 Å². The SMILES string of the molecule is O=C(COC(=O)c1cccc(N2CCCC2=O)c1)NNC(=O)c1ccccc1. The molecule has 0 radical (unpaired) electrons. The highest BCUT2D eigenvalue weighted by Crippen LogP contribution is 2.22. The molecule has 0 atom stereocenters. The molecule has 1 saturated heterocycles. The fraction of sp³-hybridized carbons (Fsp3) is 0.200. The molecule has 28 heavy (non-hydrogen) atoms. The van der Waals surface area contributed by atoms with Crippen molar-refractivity contribution in [3.05, 3.63) is 65.7 Å². The smallest absolute Gasteiger partial charge is 0.338 e. The molecule has 2 aromatic rings. The summed E-state index contributed by atoms with van der Waals surface area (Å²) in [6.45, 7) is 0.0572. The lowest BCUT2D eigenvalue weighted by atomic mass is 10.2. The summed E-state index contributed by atoms with van der Waals surface area (Å²) >= 11 is 0. The number of anilines is 1. The summed E-state index contributed by atoms with van der Waals surface area (Å²) in [5, 5.41) is 0. The van der Waals surface area contributed by atoms with E-state index in [0.29, 0.717) is 24.2 Å². The topological polar surface area (TPSA) is 105 Å². The van der Waals surface area contributed by atoms with Gasteiger partial charge in [0.25, 0.3) is 11.8 Å². The molecular formula is C20H19N3O5. The number of carbonyl (C=O) groups is 4. The van der Waals surface area contributed by atoms with Crippen molar-refractivity contribution < 1.29 is 23.9 Å². The maximum absolute atomic E-state index is 12.2. The van der Waals surface area contributed by atoms with Crippen LogP contribution in [0.25, 0.3) is 0 Å². The van der Waals surface area contributed by atoms with Crippen LogP contribution in [0.4, 0.5) is 5.69 Å². The molecule has 1 heterocycles. The second-order valence-electron chi connectivity index (χ2n) is 6.14. The van der Waals surface area contributed by atoms with Crippen molar-refractivity contribution in [2.75, 3.05) is 18.1 Å². The fourth-order valence-corrected chi connectivity index (χ4v) is 2.76. The average molecular weight is 381 g/mol. The van der Waals surface area contributed by atoms with Gasteiger partial charge >= 0.3 is 5.97 Å². The minimum Gasteiger partial charge on any atom is -0.452 e. The van der Waals surface area contributed by atoms with Crippen LogP contribution in [0.5, 0.6) is 0 Å². The van der Waals surface area contributed by atoms with E-state index in [4.69, 9.17) is 4.74 Å². The van der Waals surface area contributed by atoms with Gasteiger partial charge in [0.15, 0.2) is 6.61 Å². The molecule has 0 aromatic heterocycles. The van der Waals surface area contributed by atoms with Crippen LogP contribution in [0.15, 0.2) is 54.6 Å². The second kappa shape index (κ2) is 8.81. The molecule has 0 aliphatic carbocycles. The number of esters is 1. The van der Waals surface area contributed by atoms with E-state index in [9.17, 15) is 19.2 Å². The third-order valence-electron chi connectivity index (χ3n) is 4.15. The van der Waals surface area contributed by atoms with Crippen molar-refractivity contribution in [3.63, 3.8) is 0 Å². The van der Waals surface area contributed by atoms with E-state index in [1.54, 1.807) is 59.5 Å². The minimum atomic E-state index is -0.696. The maximum Gasteiger partial charge on any atom is 0.338 e. The number of ether oxygens (including phenoxy) is 1. The fourth-order valence-electron chi connectivity index (χ4n) is 2.76. The Morgan fingerprint density at radius 1 is 0.964 bits per heavy atom. The summed E-state index contributed by atoms with van der Waals surface area (Å²) in [6.07, 6.45) is 1.27. The van der Waals surface area contributed by atoms with Crippen LogP contribution in [0, 0.1) is 0 Å². The highest BCUT2D eigenvalue weighted by Gasteiger charge is 2.22. The zero-order valence-corrected chi connectivity index (χ0v) is 15.0. The van der Waals surface area contributed by atoms with Gasteiger partial charge in [0.05, 0.1) is 5.56 Å². The summed E-state index contributed by atoms with van der Waals surface area (Å²) in [7, 11) is 0. The molecule has 8 heteroatoms. The number of nitrogens with one attached hydrogen (secondary N) is 2. The van der Waals surface area contributed by atoms with Crippen LogP contribution >= 0.6 is 0 Å². The molecule has 1 fully saturated rings. The van der Waals surface area contributed by atoms with Gasteiger partial charge in [-0.1, -0.05) is 24.3 Å². The molecule has 0 spiro atoms. The second-order valence-corrected chi connectivity index (χ2v) is 6.14. The predicted octanol–water partition coefficient (Wildman–Crippen LogP) is 1.43. The minimum absolute atomic E-state index is 0.0130. The number of carbonyl (C=O) groups excluding carboxylic acids is 4. The Bertz CT molecular complexity index is 898. The van der Waals surface area contributed by atoms with Gasteiger partial charge in [-0.3, -0.25) is 25.2 Å². The molecule has 144 valence electrons. The quantitative estimate of drug-likeness (QED) is 0.602. The Morgan fingerprint density at radius 3 is 2.43 bits per heavy atom. The Labute approximate surface area is 161 Å². The molecule has 1 aliphatic rings. The third kappa shape index (κ3) is 4.73. The predicted molar refractivity (Wildman–Crippen MR) is 100 cm³/mol. The van der Waals surface area contributed by atoms with Gasteiger partial charge in [-0.25, -0.2) is 4.79 Å². The molecular weight excluding hydrogens is 362 g/mol. The number of amides is 3. The van der Waals surface area contributed by atoms with E-state index in [0.717, 1.165) is 6.42 Å². The molecule has 2 N–H and O–H groups in total. The summed E-state index contributed by atoms with van der Waals surface area (Å²) in [5.74, 6) is -1.84. The van der Waals surface area contributed by atoms with E-state index in [1.807, 2.05) is 0 Å². The van der Waals surface area contributed by atoms with Crippen molar-refractivity contribution in [2.24, 2.45) is 0 Å². The normalized spacial score (nSPS) is 13.1. The Balaban J connectivity index is 1.49. The lowest BCUT2D eigenvalue weighted by molar-refractivity contribution is -0.125. The zero-order chi connectivity index (χ0) is 19.9. The number of hydrogen-bond donors (Lipinski definition) is 2. The highest BCUT2D eigenvalue weighted by atomic mass is 16.5. The van der Waals surface area contributed by atoms with Gasteiger partial charge in [-0.15, -0.1) is 0 Å². The van der Waals surface area contributed by atoms with Gasteiger partial charge in [0.2, 0.25) is 5.91 Å². The van der Waals surface area contributed by atoms with Crippen LogP contribution in [-0.4, -0.2) is 36.8 Å². The van der Waals surface area contributed by atoms with E-state index < -0.39 is 24.4 Å². The van der Waals surface area contributed by atoms with Crippen LogP contribution in [0.1, 0.15) is 33.6 Å². The lowest BCUT2D eigenvalue weighted by Gasteiger charge is -2.16. The molecule has 0 bridgehead atoms. The first-order valence-corrected chi connectivity index (χ1v) is 8.76. The summed E-state index contributed by atoms with van der Waals surface area (Å²) in [6, 6.07) is 14.8. The molecule has 2 aromatic carbocycles. The van der Waals surface area contributed by atoms with Gasteiger partial charge in [-0.05, 0) is 36.8 Å². The first-order chi connectivity index (χ1) is 13.5. The molecule has 3 rings (SSSR count). The maximum atomic E-state index is 12.2. The summed E-state index contributed by atoms with van der Waals surface area (Å²) in [4.78, 5) is 49.2. The van der Waals surface area contributed by atoms with Gasteiger partial charge < -0.3 is 9.64 Å². The number of rotatable bonds is 5. The number of hydrogen-bond acceptors (Lipinski definition) is 5. The Kier molecular flexibility index (Phi) is 6.01. The number of hydrazine groups is 1. The van der Waals surface area contributed by atoms with Crippen LogP contribution in [0.3, 0.4) is 0 Å². The molecule has 8 nitrogen and oxygen atoms in total. The van der Waals surface area contributed by atoms with E-state index in [-0.39, 0.29) is 11.5 Å². The van der Waals surface area contributed by atoms with Crippen LogP contribution in [0.2, 0.25) is 0 Å². The third-order valence-corrected chi connectivity index (χ3v) is 4.15. The summed E-state index contributed by atoms with van der Waals surface area (Å²) in [5.41, 5.74) is 5.66. The Hall–Kier alpha value is -3.68. The van der Waals surface area contributed by atoms with Crippen LogP contribution in [-0.2, 0) is 14.3 Å². The van der Waals surface area contributed by atoms with Gasteiger partial charge in [0, 0.05) is 24.2 Å². The van der Waals surface area contributed by atoms with E-state index in [2.05, 4.69) is 10.9 Å². The molecule has 0 saturated carbocycles. The van der Waals surface area contributed by atoms with Crippen molar-refractivity contribution in [3.8, 4) is 0 Å². The van der Waals surface area contributed by atoms with E-state index in [1.165, 1.54) is 0 Å². The first-order valence-electron chi connectivity index (χ1n) is 8.76. The largest absolute Gasteiger partial charge is 0.452 e. The van der Waals surface area contributed by atoms with E-state index >= 15 is 0 Å². The molecule has 1 aliphatic heterocycles. The average Bonchev–Trinajstić information content (AvgIpc) is 3.16. The molecule has 3 amide bonds. The number of benzene rings is 2. The van der Waals surface area contributed by atoms with Crippen molar-refractivity contribution in [2.45, 2.75) is 12.8 Å². The van der Waals surface area contributed by atoms with Gasteiger partial charge in [-0.2, -0.15) is 0 Å². The highest BCUT2D eigenvalue weighted by molar-refractivity contribution is 5.98. The standard InChI is InChI=1S/C20H19N3O5/c24-17(21-22-19(26)14-6-2-1-3-7-14)13-28-20(27)15-8-4-9-16(12-15)23-11-5-10-18(23)25/h1-4,6-9,12H,5,10-11,13H2,(H,21,24)(H,22,26). The van der Waals surface area contributed by atoms with Crippen molar-refractivity contribution in [1.82, 2.24) is 10.9 Å². The van der Waals surface area contributed by atoms with Gasteiger partial charge in [0.1, 0.15) is 0 Å². The van der Waals surface area contributed by atoms with Crippen molar-refractivity contribution >= 4 is 29.4 Å².